The molecule has 0 atom stereocenters. The fourth-order valence-electron chi connectivity index (χ4n) is 1.02. The highest BCUT2D eigenvalue weighted by Gasteiger charge is 2.01. The van der Waals surface area contributed by atoms with Crippen LogP contribution in [0.5, 0.6) is 0 Å². The van der Waals surface area contributed by atoms with E-state index in [0.29, 0.717) is 25.3 Å². The molecule has 14 heavy (non-hydrogen) atoms. The van der Waals surface area contributed by atoms with Gasteiger partial charge in [-0.3, -0.25) is 9.89 Å². The lowest BCUT2D eigenvalue weighted by atomic mass is 10.2. The number of aromatic nitrogens is 3. The summed E-state index contributed by atoms with van der Waals surface area (Å²) < 4.78 is 0. The van der Waals surface area contributed by atoms with Crippen LogP contribution in [0.15, 0.2) is 6.33 Å². The first-order valence-corrected chi connectivity index (χ1v) is 4.64. The number of hydrogen-bond donors (Lipinski definition) is 3. The van der Waals surface area contributed by atoms with Gasteiger partial charge >= 0.3 is 0 Å². The summed E-state index contributed by atoms with van der Waals surface area (Å²) in [6.07, 6.45) is 3.65. The Morgan fingerprint density at radius 3 is 3.07 bits per heavy atom. The summed E-state index contributed by atoms with van der Waals surface area (Å²) in [6.45, 7) is 1.04. The van der Waals surface area contributed by atoms with Gasteiger partial charge in [-0.15, -0.1) is 0 Å². The molecule has 4 N–H and O–H groups in total. The van der Waals surface area contributed by atoms with E-state index in [4.69, 9.17) is 5.73 Å². The highest BCUT2D eigenvalue weighted by atomic mass is 16.1. The standard InChI is InChI=1S/C8H15N5O/c9-4-2-1-3-8(14)10-5-7-11-6-12-13-7/h6H,1-5,9H2,(H,10,14)(H,11,12,13). The van der Waals surface area contributed by atoms with Crippen LogP contribution in [0.1, 0.15) is 25.1 Å². The Kier molecular flexibility index (Phi) is 4.63. The largest absolute Gasteiger partial charge is 0.349 e. The minimum atomic E-state index is 0.0230. The number of hydrogen-bond acceptors (Lipinski definition) is 4. The number of rotatable bonds is 6. The van der Waals surface area contributed by atoms with Gasteiger partial charge in [0.25, 0.3) is 0 Å². The first-order valence-electron chi connectivity index (χ1n) is 4.64. The first-order chi connectivity index (χ1) is 6.83. The number of nitrogens with two attached hydrogens (primary N) is 1. The Bertz CT molecular complexity index is 259. The van der Waals surface area contributed by atoms with E-state index in [9.17, 15) is 4.79 Å². The highest BCUT2D eigenvalue weighted by molar-refractivity contribution is 5.75. The number of aromatic amines is 1. The monoisotopic (exact) mass is 197 g/mol. The van der Waals surface area contributed by atoms with Gasteiger partial charge in [-0.2, -0.15) is 5.10 Å². The van der Waals surface area contributed by atoms with Gasteiger partial charge in [-0.25, -0.2) is 4.98 Å². The normalized spacial score (nSPS) is 10.1. The van der Waals surface area contributed by atoms with Gasteiger partial charge in [-0.05, 0) is 19.4 Å². The van der Waals surface area contributed by atoms with E-state index in [2.05, 4.69) is 20.5 Å². The maximum Gasteiger partial charge on any atom is 0.220 e. The number of carbonyl (C=O) groups is 1. The average molecular weight is 197 g/mol. The van der Waals surface area contributed by atoms with Gasteiger partial charge in [-0.1, -0.05) is 0 Å². The minimum Gasteiger partial charge on any atom is -0.349 e. The van der Waals surface area contributed by atoms with Crippen molar-refractivity contribution in [3.05, 3.63) is 12.2 Å². The molecule has 0 radical (unpaired) electrons. The molecule has 6 heteroatoms. The third-order valence-corrected chi connectivity index (χ3v) is 1.78. The fourth-order valence-corrected chi connectivity index (χ4v) is 1.02. The van der Waals surface area contributed by atoms with Crippen LogP contribution in [-0.4, -0.2) is 27.6 Å². The van der Waals surface area contributed by atoms with Crippen LogP contribution < -0.4 is 11.1 Å². The zero-order valence-corrected chi connectivity index (χ0v) is 7.99. The van der Waals surface area contributed by atoms with E-state index in [1.807, 2.05) is 0 Å². The zero-order chi connectivity index (χ0) is 10.2. The summed E-state index contributed by atoms with van der Waals surface area (Å²) in [5.74, 6) is 0.687. The number of amides is 1. The van der Waals surface area contributed by atoms with Gasteiger partial charge in [0.05, 0.1) is 6.54 Å². The maximum absolute atomic E-state index is 11.2. The average Bonchev–Trinajstić information content (AvgIpc) is 2.68. The van der Waals surface area contributed by atoms with Crippen molar-refractivity contribution < 1.29 is 4.79 Å². The predicted molar refractivity (Wildman–Crippen MR) is 51.1 cm³/mol. The predicted octanol–water partition coefficient (Wildman–Crippen LogP) is -0.450. The maximum atomic E-state index is 11.2. The summed E-state index contributed by atoms with van der Waals surface area (Å²) in [6, 6.07) is 0. The van der Waals surface area contributed by atoms with Gasteiger partial charge in [0.15, 0.2) is 0 Å². The summed E-state index contributed by atoms with van der Waals surface area (Å²) >= 11 is 0. The molecule has 0 aliphatic rings. The number of nitrogens with one attached hydrogen (secondary N) is 2. The quantitative estimate of drug-likeness (QED) is 0.538. The molecule has 1 amide bonds. The minimum absolute atomic E-state index is 0.0230. The Labute approximate surface area is 82.3 Å². The van der Waals surface area contributed by atoms with Crippen LogP contribution in [0.2, 0.25) is 0 Å². The topological polar surface area (TPSA) is 96.7 Å². The van der Waals surface area contributed by atoms with Crippen LogP contribution in [0.3, 0.4) is 0 Å². The van der Waals surface area contributed by atoms with Crippen LogP contribution in [0.4, 0.5) is 0 Å². The van der Waals surface area contributed by atoms with Crippen molar-refractivity contribution >= 4 is 5.91 Å². The van der Waals surface area contributed by atoms with Crippen molar-refractivity contribution in [3.63, 3.8) is 0 Å². The molecule has 0 aliphatic carbocycles. The molecule has 1 rings (SSSR count). The smallest absolute Gasteiger partial charge is 0.220 e. The summed E-state index contributed by atoms with van der Waals surface area (Å²) in [7, 11) is 0. The molecule has 78 valence electrons. The lowest BCUT2D eigenvalue weighted by molar-refractivity contribution is -0.121. The van der Waals surface area contributed by atoms with Gasteiger partial charge < -0.3 is 11.1 Å². The third kappa shape index (κ3) is 3.99. The van der Waals surface area contributed by atoms with E-state index >= 15 is 0 Å². The van der Waals surface area contributed by atoms with Crippen molar-refractivity contribution in [2.24, 2.45) is 5.73 Å². The molecule has 0 bridgehead atoms. The van der Waals surface area contributed by atoms with Crippen molar-refractivity contribution in [1.82, 2.24) is 20.5 Å². The van der Waals surface area contributed by atoms with Crippen LogP contribution in [0, 0.1) is 0 Å². The van der Waals surface area contributed by atoms with Crippen molar-refractivity contribution in [1.29, 1.82) is 0 Å². The molecule has 6 nitrogen and oxygen atoms in total. The summed E-state index contributed by atoms with van der Waals surface area (Å²) in [5.41, 5.74) is 5.31. The van der Waals surface area contributed by atoms with Crippen LogP contribution >= 0.6 is 0 Å². The zero-order valence-electron chi connectivity index (χ0n) is 7.99. The molecule has 0 aliphatic heterocycles. The molecule has 0 aromatic carbocycles. The van der Waals surface area contributed by atoms with E-state index < -0.39 is 0 Å². The Morgan fingerprint density at radius 1 is 1.57 bits per heavy atom. The molecule has 1 aromatic heterocycles. The van der Waals surface area contributed by atoms with E-state index in [1.54, 1.807) is 0 Å². The molecule has 1 aromatic rings. The lowest BCUT2D eigenvalue weighted by Crippen LogP contribution is -2.23. The summed E-state index contributed by atoms with van der Waals surface area (Å²) in [5, 5.41) is 9.07. The number of unbranched alkanes of at least 4 members (excludes halogenated alkanes) is 1. The van der Waals surface area contributed by atoms with Crippen LogP contribution in [-0.2, 0) is 11.3 Å². The first kappa shape index (κ1) is 10.6. The van der Waals surface area contributed by atoms with Crippen molar-refractivity contribution in [3.8, 4) is 0 Å². The van der Waals surface area contributed by atoms with Gasteiger partial charge in [0, 0.05) is 6.42 Å². The Hall–Kier alpha value is -1.43. The van der Waals surface area contributed by atoms with Gasteiger partial charge in [0.1, 0.15) is 12.2 Å². The molecule has 0 saturated carbocycles. The lowest BCUT2D eigenvalue weighted by Gasteiger charge is -2.01. The number of H-pyrrole nitrogens is 1. The second-order valence-electron chi connectivity index (χ2n) is 2.95. The highest BCUT2D eigenvalue weighted by Crippen LogP contribution is 1.93. The Balaban J connectivity index is 2.09. The summed E-state index contributed by atoms with van der Waals surface area (Å²) in [4.78, 5) is 15.1. The molecular weight excluding hydrogens is 182 g/mol. The molecule has 0 spiro atoms. The molecule has 1 heterocycles. The second kappa shape index (κ2) is 6.09. The van der Waals surface area contributed by atoms with Crippen molar-refractivity contribution in [2.45, 2.75) is 25.8 Å². The number of carbonyl (C=O) groups excluding carboxylic acids is 1. The van der Waals surface area contributed by atoms with E-state index in [0.717, 1.165) is 12.8 Å². The molecule has 0 unspecified atom stereocenters. The van der Waals surface area contributed by atoms with E-state index in [1.165, 1.54) is 6.33 Å². The molecule has 0 fully saturated rings. The molecule has 0 saturated heterocycles. The number of nitrogens with zero attached hydrogens (tertiary/aromatic N) is 2. The SMILES string of the molecule is NCCCCC(=O)NCc1ncn[nH]1. The Morgan fingerprint density at radius 2 is 2.43 bits per heavy atom. The van der Waals surface area contributed by atoms with Crippen molar-refractivity contribution in [2.75, 3.05) is 6.54 Å². The molecular formula is C8H15N5O. The van der Waals surface area contributed by atoms with Gasteiger partial charge in [0.2, 0.25) is 5.91 Å². The van der Waals surface area contributed by atoms with Crippen LogP contribution in [0.25, 0.3) is 0 Å². The third-order valence-electron chi connectivity index (χ3n) is 1.78. The van der Waals surface area contributed by atoms with E-state index in [-0.39, 0.29) is 5.91 Å². The fraction of sp³-hybridized carbons (Fsp3) is 0.625. The second-order valence-corrected chi connectivity index (χ2v) is 2.95.